The minimum absolute atomic E-state index is 0.103. The molecule has 0 spiro atoms. The molecule has 102 valence electrons. The molecule has 0 saturated heterocycles. The Kier molecular flexibility index (Phi) is 5.57. The average molecular weight is 407 g/mol. The maximum Gasteiger partial charge on any atom is 0.142 e. The first-order valence-electron chi connectivity index (χ1n) is 6.06. The van der Waals surface area contributed by atoms with E-state index in [0.717, 1.165) is 21.6 Å². The zero-order valence-corrected chi connectivity index (χ0v) is 14.4. The normalized spacial score (nSPS) is 12.6. The maximum atomic E-state index is 14.3. The molecule has 1 aromatic heterocycles. The zero-order valence-electron chi connectivity index (χ0n) is 10.4. The van der Waals surface area contributed by atoms with E-state index in [0.29, 0.717) is 10.0 Å². The summed E-state index contributed by atoms with van der Waals surface area (Å²) in [5.41, 5.74) is 0.678. The van der Waals surface area contributed by atoms with Gasteiger partial charge in [-0.15, -0.1) is 11.3 Å². The van der Waals surface area contributed by atoms with Crippen LogP contribution >= 0.6 is 43.2 Å². The molecule has 0 radical (unpaired) electrons. The number of rotatable bonds is 5. The molecule has 0 bridgehead atoms. The first kappa shape index (κ1) is 15.2. The summed E-state index contributed by atoms with van der Waals surface area (Å²) in [7, 11) is 0. The quantitative estimate of drug-likeness (QED) is 0.690. The predicted octanol–water partition coefficient (Wildman–Crippen LogP) is 5.50. The fraction of sp³-hybridized carbons (Fsp3) is 0.286. The summed E-state index contributed by atoms with van der Waals surface area (Å²) in [5.74, 6) is -0.194. The summed E-state index contributed by atoms with van der Waals surface area (Å²) in [5, 5.41) is 3.41. The van der Waals surface area contributed by atoms with Crippen molar-refractivity contribution < 1.29 is 4.39 Å². The SMILES string of the molecule is CCCNC(c1ccc(Br)s1)c1cccc(Br)c1F. The van der Waals surface area contributed by atoms with E-state index in [2.05, 4.69) is 44.1 Å². The highest BCUT2D eigenvalue weighted by Gasteiger charge is 2.20. The van der Waals surface area contributed by atoms with Crippen LogP contribution in [-0.4, -0.2) is 6.54 Å². The lowest BCUT2D eigenvalue weighted by atomic mass is 10.0. The van der Waals surface area contributed by atoms with E-state index in [1.807, 2.05) is 24.3 Å². The average Bonchev–Trinajstić information content (AvgIpc) is 2.81. The minimum Gasteiger partial charge on any atom is -0.306 e. The molecule has 1 nitrogen and oxygen atoms in total. The van der Waals surface area contributed by atoms with Gasteiger partial charge >= 0.3 is 0 Å². The van der Waals surface area contributed by atoms with Gasteiger partial charge in [0.2, 0.25) is 0 Å². The smallest absolute Gasteiger partial charge is 0.142 e. The van der Waals surface area contributed by atoms with Crippen LogP contribution in [0.4, 0.5) is 4.39 Å². The van der Waals surface area contributed by atoms with Crippen molar-refractivity contribution in [3.8, 4) is 0 Å². The predicted molar refractivity (Wildman–Crippen MR) is 86.3 cm³/mol. The third-order valence-electron chi connectivity index (χ3n) is 2.77. The Morgan fingerprint density at radius 2 is 2.05 bits per heavy atom. The highest BCUT2D eigenvalue weighted by atomic mass is 79.9. The molecule has 1 atom stereocenters. The third kappa shape index (κ3) is 3.66. The Balaban J connectivity index is 2.39. The van der Waals surface area contributed by atoms with Gasteiger partial charge < -0.3 is 5.32 Å². The molecule has 0 saturated carbocycles. The van der Waals surface area contributed by atoms with Gasteiger partial charge in [0.25, 0.3) is 0 Å². The molecular formula is C14H14Br2FNS. The molecule has 0 aliphatic carbocycles. The summed E-state index contributed by atoms with van der Waals surface area (Å²) in [6.07, 6.45) is 1.01. The van der Waals surface area contributed by atoms with Gasteiger partial charge in [0.15, 0.2) is 0 Å². The molecule has 2 rings (SSSR count). The molecule has 1 heterocycles. The Bertz CT molecular complexity index is 556. The Hall–Kier alpha value is -0.230. The number of hydrogen-bond donors (Lipinski definition) is 1. The Morgan fingerprint density at radius 3 is 2.68 bits per heavy atom. The van der Waals surface area contributed by atoms with Crippen LogP contribution in [0.2, 0.25) is 0 Å². The van der Waals surface area contributed by atoms with Crippen LogP contribution in [0.5, 0.6) is 0 Å². The lowest BCUT2D eigenvalue weighted by Gasteiger charge is -2.18. The summed E-state index contributed by atoms with van der Waals surface area (Å²) in [6.45, 7) is 2.96. The molecule has 1 N–H and O–H groups in total. The topological polar surface area (TPSA) is 12.0 Å². The number of benzene rings is 1. The van der Waals surface area contributed by atoms with Crippen LogP contribution < -0.4 is 5.32 Å². The van der Waals surface area contributed by atoms with Gasteiger partial charge in [0.05, 0.1) is 14.3 Å². The van der Waals surface area contributed by atoms with Crippen LogP contribution in [0, 0.1) is 5.82 Å². The van der Waals surface area contributed by atoms with E-state index in [4.69, 9.17) is 0 Å². The van der Waals surface area contributed by atoms with Gasteiger partial charge in [-0.3, -0.25) is 0 Å². The molecule has 5 heteroatoms. The largest absolute Gasteiger partial charge is 0.306 e. The van der Waals surface area contributed by atoms with Crippen molar-refractivity contribution in [2.75, 3.05) is 6.54 Å². The lowest BCUT2D eigenvalue weighted by Crippen LogP contribution is -2.23. The summed E-state index contributed by atoms with van der Waals surface area (Å²) in [6, 6.07) is 9.35. The summed E-state index contributed by atoms with van der Waals surface area (Å²) in [4.78, 5) is 1.11. The minimum atomic E-state index is -0.194. The standard InChI is InChI=1S/C14H14Br2FNS/c1-2-8-18-14(11-6-7-12(16)19-11)9-4-3-5-10(15)13(9)17/h3-7,14,18H,2,8H2,1H3. The Labute approximate surface area is 133 Å². The van der Waals surface area contributed by atoms with Crippen molar-refractivity contribution in [3.05, 3.63) is 54.8 Å². The molecule has 0 aliphatic heterocycles. The van der Waals surface area contributed by atoms with Crippen molar-refractivity contribution >= 4 is 43.2 Å². The van der Waals surface area contributed by atoms with Crippen molar-refractivity contribution in [1.82, 2.24) is 5.32 Å². The first-order valence-corrected chi connectivity index (χ1v) is 8.46. The van der Waals surface area contributed by atoms with Crippen LogP contribution in [0.3, 0.4) is 0 Å². The summed E-state index contributed by atoms with van der Waals surface area (Å²) >= 11 is 8.34. The number of nitrogens with one attached hydrogen (secondary N) is 1. The lowest BCUT2D eigenvalue weighted by molar-refractivity contribution is 0.547. The van der Waals surface area contributed by atoms with E-state index in [1.54, 1.807) is 17.4 Å². The van der Waals surface area contributed by atoms with Gasteiger partial charge in [-0.25, -0.2) is 4.39 Å². The van der Waals surface area contributed by atoms with Crippen molar-refractivity contribution in [1.29, 1.82) is 0 Å². The second kappa shape index (κ2) is 6.97. The maximum absolute atomic E-state index is 14.3. The zero-order chi connectivity index (χ0) is 13.8. The van der Waals surface area contributed by atoms with Gasteiger partial charge in [-0.2, -0.15) is 0 Å². The molecule has 1 unspecified atom stereocenters. The van der Waals surface area contributed by atoms with Gasteiger partial charge in [-0.05, 0) is 63.0 Å². The molecule has 0 aliphatic rings. The highest BCUT2D eigenvalue weighted by Crippen LogP contribution is 2.34. The van der Waals surface area contributed by atoms with Crippen LogP contribution in [0.25, 0.3) is 0 Å². The van der Waals surface area contributed by atoms with Crippen LogP contribution in [0.1, 0.15) is 29.8 Å². The van der Waals surface area contributed by atoms with E-state index >= 15 is 0 Å². The second-order valence-electron chi connectivity index (χ2n) is 4.17. The fourth-order valence-electron chi connectivity index (χ4n) is 1.88. The number of hydrogen-bond acceptors (Lipinski definition) is 2. The first-order chi connectivity index (χ1) is 9.13. The van der Waals surface area contributed by atoms with Crippen molar-refractivity contribution in [2.45, 2.75) is 19.4 Å². The Morgan fingerprint density at radius 1 is 1.26 bits per heavy atom. The molecule has 0 amide bonds. The highest BCUT2D eigenvalue weighted by molar-refractivity contribution is 9.11. The molecule has 2 aromatic rings. The molecule has 0 fully saturated rings. The van der Waals surface area contributed by atoms with Crippen molar-refractivity contribution in [2.24, 2.45) is 0 Å². The monoisotopic (exact) mass is 405 g/mol. The van der Waals surface area contributed by atoms with Crippen LogP contribution in [-0.2, 0) is 0 Å². The third-order valence-corrected chi connectivity index (χ3v) is 5.07. The van der Waals surface area contributed by atoms with Crippen LogP contribution in [0.15, 0.2) is 38.6 Å². The van der Waals surface area contributed by atoms with Gasteiger partial charge in [0.1, 0.15) is 5.82 Å². The van der Waals surface area contributed by atoms with E-state index in [1.165, 1.54) is 0 Å². The van der Waals surface area contributed by atoms with E-state index in [-0.39, 0.29) is 11.9 Å². The molecule has 1 aromatic carbocycles. The second-order valence-corrected chi connectivity index (χ2v) is 7.52. The van der Waals surface area contributed by atoms with Gasteiger partial charge in [-0.1, -0.05) is 19.1 Å². The van der Waals surface area contributed by atoms with E-state index < -0.39 is 0 Å². The number of thiophene rings is 1. The van der Waals surface area contributed by atoms with Gasteiger partial charge in [0, 0.05) is 10.4 Å². The fourth-order valence-corrected chi connectivity index (χ4v) is 3.78. The van der Waals surface area contributed by atoms with Crippen molar-refractivity contribution in [3.63, 3.8) is 0 Å². The number of halogens is 3. The molecular weight excluding hydrogens is 393 g/mol. The molecule has 19 heavy (non-hydrogen) atoms. The van der Waals surface area contributed by atoms with E-state index in [9.17, 15) is 4.39 Å². The summed E-state index contributed by atoms with van der Waals surface area (Å²) < 4.78 is 15.8.